The van der Waals surface area contributed by atoms with Crippen molar-refractivity contribution in [1.82, 2.24) is 10.3 Å². The van der Waals surface area contributed by atoms with Gasteiger partial charge in [0.15, 0.2) is 0 Å². The maximum absolute atomic E-state index is 12.8. The van der Waals surface area contributed by atoms with E-state index in [9.17, 15) is 9.59 Å². The zero-order chi connectivity index (χ0) is 23.3. The Balaban J connectivity index is 2.54. The monoisotopic (exact) mass is 424 g/mol. The number of rotatable bonds is 7. The molecule has 5 nitrogen and oxygen atoms in total. The molecule has 0 aliphatic rings. The zero-order valence-corrected chi connectivity index (χ0v) is 20.1. The molecule has 0 spiro atoms. The maximum Gasteiger partial charge on any atom is 0.338 e. The summed E-state index contributed by atoms with van der Waals surface area (Å²) < 4.78 is 5.54. The average Bonchev–Trinajstić information content (AvgIpc) is 2.69. The number of ether oxygens (including phenoxy) is 1. The van der Waals surface area contributed by atoms with Crippen LogP contribution in [0.3, 0.4) is 0 Å². The number of hydrogen-bond acceptors (Lipinski definition) is 4. The lowest BCUT2D eigenvalue weighted by Crippen LogP contribution is -2.25. The van der Waals surface area contributed by atoms with Crippen LogP contribution in [0.15, 0.2) is 30.3 Å². The first kappa shape index (κ1) is 24.6. The summed E-state index contributed by atoms with van der Waals surface area (Å²) in [5.41, 5.74) is 4.34. The van der Waals surface area contributed by atoms with E-state index in [4.69, 9.17) is 4.74 Å². The Labute approximate surface area is 186 Å². The number of carbonyl (C=O) groups is 2. The second-order valence-corrected chi connectivity index (χ2v) is 9.54. The first-order chi connectivity index (χ1) is 14.4. The molecule has 1 aromatic carbocycles. The number of nitrogens with one attached hydrogen (secondary N) is 1. The number of aromatic nitrogens is 1. The maximum atomic E-state index is 12.8. The van der Waals surface area contributed by atoms with Crippen molar-refractivity contribution in [3.8, 4) is 0 Å². The van der Waals surface area contributed by atoms with Crippen molar-refractivity contribution in [2.24, 2.45) is 5.92 Å². The summed E-state index contributed by atoms with van der Waals surface area (Å²) in [6.45, 7) is 14.1. The van der Waals surface area contributed by atoms with E-state index in [2.05, 4.69) is 56.2 Å². The molecule has 1 aromatic heterocycles. The van der Waals surface area contributed by atoms with Crippen LogP contribution in [0.1, 0.15) is 97.1 Å². The number of nitrogens with zero attached hydrogens (tertiary/aromatic N) is 1. The Morgan fingerprint density at radius 3 is 2.39 bits per heavy atom. The number of carbonyl (C=O) groups excluding carboxylic acids is 2. The summed E-state index contributed by atoms with van der Waals surface area (Å²) in [5.74, 6) is -0.259. The highest BCUT2D eigenvalue weighted by atomic mass is 16.6. The Kier molecular flexibility index (Phi) is 7.99. The fourth-order valence-corrected chi connectivity index (χ4v) is 3.54. The third kappa shape index (κ3) is 6.65. The number of benzene rings is 1. The van der Waals surface area contributed by atoms with Gasteiger partial charge in [0.05, 0.1) is 5.56 Å². The normalized spacial score (nSPS) is 12.5. The minimum atomic E-state index is -0.625. The van der Waals surface area contributed by atoms with E-state index in [1.54, 1.807) is 13.1 Å². The fourth-order valence-electron chi connectivity index (χ4n) is 3.54. The van der Waals surface area contributed by atoms with E-state index in [0.29, 0.717) is 17.2 Å². The van der Waals surface area contributed by atoms with Crippen LogP contribution in [0, 0.1) is 12.8 Å². The van der Waals surface area contributed by atoms with Gasteiger partial charge in [-0.3, -0.25) is 4.79 Å². The third-order valence-corrected chi connectivity index (χ3v) is 5.27. The van der Waals surface area contributed by atoms with Gasteiger partial charge in [0, 0.05) is 18.7 Å². The number of hydrogen-bond donors (Lipinski definition) is 1. The fraction of sp³-hybridized carbons (Fsp3) is 0.500. The van der Waals surface area contributed by atoms with E-state index >= 15 is 0 Å². The van der Waals surface area contributed by atoms with Crippen LogP contribution < -0.4 is 5.32 Å². The lowest BCUT2D eigenvalue weighted by atomic mass is 9.86. The second-order valence-electron chi connectivity index (χ2n) is 9.54. The lowest BCUT2D eigenvalue weighted by molar-refractivity contribution is 0.00692. The summed E-state index contributed by atoms with van der Waals surface area (Å²) >= 11 is 0. The molecule has 0 fully saturated rings. The average molecular weight is 425 g/mol. The van der Waals surface area contributed by atoms with Gasteiger partial charge < -0.3 is 10.1 Å². The molecule has 2 aromatic rings. The Morgan fingerprint density at radius 1 is 1.13 bits per heavy atom. The third-order valence-electron chi connectivity index (χ3n) is 5.27. The summed E-state index contributed by atoms with van der Waals surface area (Å²) in [6, 6.07) is 9.55. The van der Waals surface area contributed by atoms with Crippen molar-refractivity contribution in [1.29, 1.82) is 0 Å². The van der Waals surface area contributed by atoms with Crippen LogP contribution in [0.2, 0.25) is 0 Å². The molecular weight excluding hydrogens is 388 g/mol. The van der Waals surface area contributed by atoms with Crippen LogP contribution in [-0.4, -0.2) is 29.5 Å². The molecule has 0 saturated carbocycles. The predicted octanol–water partition coefficient (Wildman–Crippen LogP) is 5.45. The molecule has 168 valence electrons. The summed E-state index contributed by atoms with van der Waals surface area (Å²) in [4.78, 5) is 29.7. The molecule has 2 rings (SSSR count). The van der Waals surface area contributed by atoms with Gasteiger partial charge in [0.1, 0.15) is 11.3 Å². The Morgan fingerprint density at radius 2 is 1.81 bits per heavy atom. The van der Waals surface area contributed by atoms with Crippen LogP contribution in [0.25, 0.3) is 0 Å². The Bertz CT molecular complexity index is 942. The first-order valence-corrected chi connectivity index (χ1v) is 11.0. The van der Waals surface area contributed by atoms with Crippen molar-refractivity contribution < 1.29 is 14.3 Å². The molecular formula is C26H36N2O3. The van der Waals surface area contributed by atoms with Crippen LogP contribution in [0.4, 0.5) is 0 Å². The largest absolute Gasteiger partial charge is 0.456 e. The minimum absolute atomic E-state index is 0.0761. The molecule has 0 aliphatic carbocycles. The van der Waals surface area contributed by atoms with E-state index in [1.165, 1.54) is 22.8 Å². The summed E-state index contributed by atoms with van der Waals surface area (Å²) in [6.07, 6.45) is 2.08. The van der Waals surface area contributed by atoms with Gasteiger partial charge in [0.25, 0.3) is 5.91 Å². The minimum Gasteiger partial charge on any atom is -0.456 e. The number of pyridine rings is 1. The first-order valence-electron chi connectivity index (χ1n) is 11.0. The van der Waals surface area contributed by atoms with Crippen LogP contribution in [-0.2, 0) is 11.2 Å². The summed E-state index contributed by atoms with van der Waals surface area (Å²) in [5, 5.41) is 2.60. The lowest BCUT2D eigenvalue weighted by Gasteiger charge is -2.22. The van der Waals surface area contributed by atoms with Crippen LogP contribution in [0.5, 0.6) is 0 Å². The van der Waals surface area contributed by atoms with Crippen molar-refractivity contribution in [3.05, 3.63) is 64.0 Å². The van der Waals surface area contributed by atoms with E-state index < -0.39 is 11.6 Å². The quantitative estimate of drug-likeness (QED) is 0.601. The standard InChI is InChI=1S/C26H36N2O3/c1-16(2)12-13-20-17(3)10-9-11-21(20)18(4)22-14-19(25(30)31-26(5,6)7)15-23(28-22)24(29)27-8/h9-11,14-16,18H,12-13H2,1-8H3,(H,27,29). The predicted molar refractivity (Wildman–Crippen MR) is 125 cm³/mol. The van der Waals surface area contributed by atoms with E-state index in [0.717, 1.165) is 12.8 Å². The molecule has 31 heavy (non-hydrogen) atoms. The van der Waals surface area contributed by atoms with E-state index in [-0.39, 0.29) is 17.5 Å². The molecule has 0 radical (unpaired) electrons. The highest BCUT2D eigenvalue weighted by Crippen LogP contribution is 2.30. The summed E-state index contributed by atoms with van der Waals surface area (Å²) in [7, 11) is 1.55. The Hall–Kier alpha value is -2.69. The molecule has 1 N–H and O–H groups in total. The number of esters is 1. The molecule has 0 aliphatic heterocycles. The number of aryl methyl sites for hydroxylation is 1. The van der Waals surface area contributed by atoms with Gasteiger partial charge in [-0.2, -0.15) is 0 Å². The van der Waals surface area contributed by atoms with Gasteiger partial charge in [0.2, 0.25) is 0 Å². The second kappa shape index (κ2) is 10.1. The zero-order valence-electron chi connectivity index (χ0n) is 20.1. The van der Waals surface area contributed by atoms with Gasteiger partial charge >= 0.3 is 5.97 Å². The highest BCUT2D eigenvalue weighted by Gasteiger charge is 2.23. The van der Waals surface area contributed by atoms with Gasteiger partial charge in [-0.1, -0.05) is 39.0 Å². The van der Waals surface area contributed by atoms with Gasteiger partial charge in [-0.25, -0.2) is 9.78 Å². The SMILES string of the molecule is CNC(=O)c1cc(C(=O)OC(C)(C)C)cc(C(C)c2cccc(C)c2CCC(C)C)n1. The molecule has 0 saturated heterocycles. The van der Waals surface area contributed by atoms with E-state index in [1.807, 2.05) is 20.8 Å². The molecule has 5 heteroatoms. The molecule has 1 unspecified atom stereocenters. The highest BCUT2D eigenvalue weighted by molar-refractivity contribution is 5.96. The van der Waals surface area contributed by atoms with Crippen molar-refractivity contribution in [2.75, 3.05) is 7.05 Å². The molecule has 0 bridgehead atoms. The van der Waals surface area contributed by atoms with Crippen molar-refractivity contribution in [2.45, 2.75) is 72.8 Å². The van der Waals surface area contributed by atoms with Crippen LogP contribution >= 0.6 is 0 Å². The number of amides is 1. The van der Waals surface area contributed by atoms with Gasteiger partial charge in [-0.05, 0) is 75.3 Å². The smallest absolute Gasteiger partial charge is 0.338 e. The van der Waals surface area contributed by atoms with Crippen molar-refractivity contribution >= 4 is 11.9 Å². The van der Waals surface area contributed by atoms with Crippen molar-refractivity contribution in [3.63, 3.8) is 0 Å². The van der Waals surface area contributed by atoms with Gasteiger partial charge in [-0.15, -0.1) is 0 Å². The molecule has 1 atom stereocenters. The molecule has 1 amide bonds. The topological polar surface area (TPSA) is 68.3 Å². The molecule has 1 heterocycles.